The molecule has 2 rings (SSSR count). The van der Waals surface area contributed by atoms with Gasteiger partial charge in [-0.3, -0.25) is 0 Å². The SMILES string of the molecule is CCOC(=O)c1ccc(NC(=S)NCCCN2CCC[C@H](C)C2)cc1Cl. The van der Waals surface area contributed by atoms with Crippen LogP contribution in [0.2, 0.25) is 5.02 Å². The van der Waals surface area contributed by atoms with E-state index in [0.717, 1.165) is 31.1 Å². The third kappa shape index (κ3) is 6.74. The Hall–Kier alpha value is -1.37. The molecule has 0 unspecified atom stereocenters. The van der Waals surface area contributed by atoms with Gasteiger partial charge < -0.3 is 20.3 Å². The van der Waals surface area contributed by atoms with Gasteiger partial charge in [-0.05, 0) is 75.6 Å². The van der Waals surface area contributed by atoms with Crippen LogP contribution in [0.1, 0.15) is 43.5 Å². The van der Waals surface area contributed by atoms with E-state index in [1.54, 1.807) is 25.1 Å². The van der Waals surface area contributed by atoms with Crippen LogP contribution in [-0.4, -0.2) is 48.8 Å². The Morgan fingerprint density at radius 3 is 2.96 bits per heavy atom. The Balaban J connectivity index is 1.72. The molecule has 1 aliphatic rings. The van der Waals surface area contributed by atoms with Gasteiger partial charge in [0, 0.05) is 18.8 Å². The number of piperidine rings is 1. The van der Waals surface area contributed by atoms with E-state index >= 15 is 0 Å². The number of benzene rings is 1. The van der Waals surface area contributed by atoms with Gasteiger partial charge in [-0.1, -0.05) is 18.5 Å². The smallest absolute Gasteiger partial charge is 0.339 e. The van der Waals surface area contributed by atoms with Gasteiger partial charge in [-0.25, -0.2) is 4.79 Å². The number of rotatable bonds is 7. The number of carbonyl (C=O) groups is 1. The molecule has 0 amide bonds. The summed E-state index contributed by atoms with van der Waals surface area (Å²) in [7, 11) is 0. The summed E-state index contributed by atoms with van der Waals surface area (Å²) >= 11 is 11.5. The molecule has 144 valence electrons. The highest BCUT2D eigenvalue weighted by Gasteiger charge is 2.15. The fraction of sp³-hybridized carbons (Fsp3) is 0.579. The maximum atomic E-state index is 11.8. The first-order chi connectivity index (χ1) is 12.5. The normalized spacial score (nSPS) is 17.6. The minimum atomic E-state index is -0.420. The molecule has 1 aromatic carbocycles. The van der Waals surface area contributed by atoms with Gasteiger partial charge in [0.15, 0.2) is 5.11 Å². The van der Waals surface area contributed by atoms with E-state index < -0.39 is 5.97 Å². The van der Waals surface area contributed by atoms with Gasteiger partial charge in [0.1, 0.15) is 0 Å². The van der Waals surface area contributed by atoms with Crippen molar-refractivity contribution in [2.24, 2.45) is 5.92 Å². The molecule has 7 heteroatoms. The van der Waals surface area contributed by atoms with Crippen LogP contribution in [0, 0.1) is 5.92 Å². The van der Waals surface area contributed by atoms with Crippen LogP contribution in [0.3, 0.4) is 0 Å². The van der Waals surface area contributed by atoms with E-state index in [0.29, 0.717) is 22.3 Å². The standard InChI is InChI=1S/C19H28ClN3O2S/c1-3-25-18(24)16-8-7-15(12-17(16)20)22-19(26)21-9-5-11-23-10-4-6-14(2)13-23/h7-8,12,14H,3-6,9-11,13H2,1-2H3,(H2,21,22,26)/t14-/m0/s1. The summed E-state index contributed by atoms with van der Waals surface area (Å²) in [5.74, 6) is 0.388. The van der Waals surface area contributed by atoms with E-state index in [-0.39, 0.29) is 0 Å². The molecule has 1 atom stereocenters. The molecule has 1 heterocycles. The topological polar surface area (TPSA) is 53.6 Å². The van der Waals surface area contributed by atoms with Crippen LogP contribution >= 0.6 is 23.8 Å². The van der Waals surface area contributed by atoms with E-state index in [1.165, 1.54) is 25.9 Å². The van der Waals surface area contributed by atoms with Crippen molar-refractivity contribution in [2.75, 3.05) is 38.1 Å². The predicted molar refractivity (Wildman–Crippen MR) is 111 cm³/mol. The van der Waals surface area contributed by atoms with Gasteiger partial charge in [-0.15, -0.1) is 0 Å². The lowest BCUT2D eigenvalue weighted by molar-refractivity contribution is 0.0526. The fourth-order valence-electron chi connectivity index (χ4n) is 3.14. The molecule has 5 nitrogen and oxygen atoms in total. The first-order valence-electron chi connectivity index (χ1n) is 9.23. The van der Waals surface area contributed by atoms with Crippen LogP contribution in [-0.2, 0) is 4.74 Å². The predicted octanol–water partition coefficient (Wildman–Crippen LogP) is 3.93. The largest absolute Gasteiger partial charge is 0.462 e. The van der Waals surface area contributed by atoms with Gasteiger partial charge in [-0.2, -0.15) is 0 Å². The lowest BCUT2D eigenvalue weighted by Crippen LogP contribution is -2.37. The Labute approximate surface area is 166 Å². The zero-order valence-corrected chi connectivity index (χ0v) is 17.1. The fourth-order valence-corrected chi connectivity index (χ4v) is 3.61. The molecule has 0 saturated carbocycles. The van der Waals surface area contributed by atoms with Crippen molar-refractivity contribution in [2.45, 2.75) is 33.1 Å². The zero-order valence-electron chi connectivity index (χ0n) is 15.5. The van der Waals surface area contributed by atoms with Gasteiger partial charge in [0.2, 0.25) is 0 Å². The summed E-state index contributed by atoms with van der Waals surface area (Å²) in [6.45, 7) is 8.73. The van der Waals surface area contributed by atoms with Crippen molar-refractivity contribution >= 4 is 40.6 Å². The van der Waals surface area contributed by atoms with Crippen molar-refractivity contribution in [3.63, 3.8) is 0 Å². The lowest BCUT2D eigenvalue weighted by atomic mass is 10.0. The molecule has 0 spiro atoms. The maximum Gasteiger partial charge on any atom is 0.339 e. The second kappa shape index (κ2) is 10.7. The first kappa shape index (κ1) is 20.9. The monoisotopic (exact) mass is 397 g/mol. The van der Waals surface area contributed by atoms with Crippen molar-refractivity contribution in [1.82, 2.24) is 10.2 Å². The van der Waals surface area contributed by atoms with Crippen molar-refractivity contribution in [3.8, 4) is 0 Å². The number of nitrogens with one attached hydrogen (secondary N) is 2. The molecule has 1 fully saturated rings. The minimum absolute atomic E-state index is 0.319. The molecule has 1 saturated heterocycles. The quantitative estimate of drug-likeness (QED) is 0.413. The Bertz CT molecular complexity index is 627. The number of ether oxygens (including phenoxy) is 1. The zero-order chi connectivity index (χ0) is 18.9. The molecule has 0 aliphatic carbocycles. The van der Waals surface area contributed by atoms with Crippen LogP contribution in [0.25, 0.3) is 0 Å². The summed E-state index contributed by atoms with van der Waals surface area (Å²) < 4.78 is 4.97. The molecule has 0 radical (unpaired) electrons. The summed E-state index contributed by atoms with van der Waals surface area (Å²) in [5.41, 5.74) is 1.10. The summed E-state index contributed by atoms with van der Waals surface area (Å²) in [4.78, 5) is 14.3. The third-order valence-electron chi connectivity index (χ3n) is 4.40. The van der Waals surface area contributed by atoms with Gasteiger partial charge in [0.05, 0.1) is 17.2 Å². The highest BCUT2D eigenvalue weighted by Crippen LogP contribution is 2.22. The third-order valence-corrected chi connectivity index (χ3v) is 4.96. The van der Waals surface area contributed by atoms with E-state index in [9.17, 15) is 4.79 Å². The number of halogens is 1. The Morgan fingerprint density at radius 2 is 2.27 bits per heavy atom. The summed E-state index contributed by atoms with van der Waals surface area (Å²) in [5, 5.41) is 7.21. The van der Waals surface area contributed by atoms with E-state index in [1.807, 2.05) is 0 Å². The molecular formula is C19H28ClN3O2S. The van der Waals surface area contributed by atoms with Crippen LogP contribution in [0.4, 0.5) is 5.69 Å². The number of hydrogen-bond acceptors (Lipinski definition) is 4. The molecule has 0 bridgehead atoms. The van der Waals surface area contributed by atoms with Crippen molar-refractivity contribution in [1.29, 1.82) is 0 Å². The second-order valence-corrected chi connectivity index (χ2v) is 7.51. The van der Waals surface area contributed by atoms with E-state index in [2.05, 4.69) is 22.5 Å². The van der Waals surface area contributed by atoms with Crippen LogP contribution < -0.4 is 10.6 Å². The highest BCUT2D eigenvalue weighted by atomic mass is 35.5. The number of hydrogen-bond donors (Lipinski definition) is 2. The average molecular weight is 398 g/mol. The van der Waals surface area contributed by atoms with Crippen LogP contribution in [0.15, 0.2) is 18.2 Å². The molecule has 26 heavy (non-hydrogen) atoms. The van der Waals surface area contributed by atoms with Crippen molar-refractivity contribution in [3.05, 3.63) is 28.8 Å². The number of esters is 1. The molecule has 0 aromatic heterocycles. The molecule has 1 aliphatic heterocycles. The number of thiocarbonyl (C=S) groups is 1. The lowest BCUT2D eigenvalue weighted by Gasteiger charge is -2.30. The Kier molecular flexibility index (Phi) is 8.62. The molecular weight excluding hydrogens is 370 g/mol. The van der Waals surface area contributed by atoms with Gasteiger partial charge >= 0.3 is 5.97 Å². The number of nitrogens with zero attached hydrogens (tertiary/aromatic N) is 1. The van der Waals surface area contributed by atoms with Gasteiger partial charge in [0.25, 0.3) is 0 Å². The first-order valence-corrected chi connectivity index (χ1v) is 10.0. The average Bonchev–Trinajstić information content (AvgIpc) is 2.59. The maximum absolute atomic E-state index is 11.8. The van der Waals surface area contributed by atoms with Crippen LogP contribution in [0.5, 0.6) is 0 Å². The summed E-state index contributed by atoms with van der Waals surface area (Å²) in [6.07, 6.45) is 3.70. The van der Waals surface area contributed by atoms with E-state index in [4.69, 9.17) is 28.6 Å². The van der Waals surface area contributed by atoms with Crippen molar-refractivity contribution < 1.29 is 9.53 Å². The number of anilines is 1. The second-order valence-electron chi connectivity index (χ2n) is 6.70. The molecule has 2 N–H and O–H groups in total. The molecule has 1 aromatic rings. The number of likely N-dealkylation sites (tertiary alicyclic amines) is 1. The Morgan fingerprint density at radius 1 is 1.46 bits per heavy atom. The minimum Gasteiger partial charge on any atom is -0.462 e. The number of carbonyl (C=O) groups excluding carboxylic acids is 1. The highest BCUT2D eigenvalue weighted by molar-refractivity contribution is 7.80. The summed E-state index contributed by atoms with van der Waals surface area (Å²) in [6, 6.07) is 5.08.